The van der Waals surface area contributed by atoms with Gasteiger partial charge in [0.05, 0.1) is 11.4 Å². The van der Waals surface area contributed by atoms with Crippen LogP contribution < -0.4 is 0 Å². The lowest BCUT2D eigenvalue weighted by atomic mass is 9.85. The first-order valence-electron chi connectivity index (χ1n) is 14.4. The van der Waals surface area contributed by atoms with Crippen LogP contribution in [0.2, 0.25) is 0 Å². The smallest absolute Gasteiger partial charge is 0.0544 e. The predicted molar refractivity (Wildman–Crippen MR) is 172 cm³/mol. The first-order valence-corrected chi connectivity index (χ1v) is 14.4. The summed E-state index contributed by atoms with van der Waals surface area (Å²) in [4.78, 5) is 11.6. The molecule has 0 amide bonds. The number of pyridine rings is 2. The van der Waals surface area contributed by atoms with Crippen LogP contribution in [-0.4, -0.2) is 14.9 Å². The Bertz CT molecular complexity index is 1630. The lowest BCUT2D eigenvalue weighted by Crippen LogP contribution is -2.23. The van der Waals surface area contributed by atoms with E-state index in [1.807, 2.05) is 36.7 Å². The Kier molecular flexibility index (Phi) is 8.70. The minimum absolute atomic E-state index is 0.738. The third-order valence-electron chi connectivity index (χ3n) is 7.28. The molecule has 0 atom stereocenters. The van der Waals surface area contributed by atoms with Crippen LogP contribution in [0, 0.1) is 0 Å². The molecule has 0 aliphatic rings. The third kappa shape index (κ3) is 6.77. The summed E-state index contributed by atoms with van der Waals surface area (Å²) in [6, 6.07) is 53.4. The second-order valence-corrected chi connectivity index (χ2v) is 10.3. The summed E-state index contributed by atoms with van der Waals surface area (Å²) in [5.74, 6) is 0. The first kappa shape index (κ1) is 27.1. The van der Waals surface area contributed by atoms with Gasteiger partial charge in [0.2, 0.25) is 0 Å². The molecule has 204 valence electrons. The minimum atomic E-state index is 0.738. The molecule has 0 saturated heterocycles. The van der Waals surface area contributed by atoms with Gasteiger partial charge in [-0.05, 0) is 69.3 Å². The van der Waals surface area contributed by atoms with Crippen LogP contribution in [0.1, 0.15) is 39.2 Å². The number of rotatable bonds is 10. The van der Waals surface area contributed by atoms with E-state index in [1.54, 1.807) is 0 Å². The van der Waals surface area contributed by atoms with Crippen LogP contribution in [0.15, 0.2) is 164 Å². The van der Waals surface area contributed by atoms with E-state index in [0.717, 1.165) is 31.0 Å². The van der Waals surface area contributed by atoms with E-state index in [9.17, 15) is 0 Å². The number of hydrogen-bond donors (Lipinski definition) is 0. The summed E-state index contributed by atoms with van der Waals surface area (Å²) in [6.45, 7) is 2.25. The van der Waals surface area contributed by atoms with Gasteiger partial charge >= 0.3 is 0 Å². The summed E-state index contributed by atoms with van der Waals surface area (Å²) in [7, 11) is 0. The van der Waals surface area contributed by atoms with Crippen molar-refractivity contribution in [3.05, 3.63) is 203 Å². The van der Waals surface area contributed by atoms with Crippen LogP contribution in [-0.2, 0) is 19.6 Å². The zero-order valence-corrected chi connectivity index (χ0v) is 23.6. The van der Waals surface area contributed by atoms with Gasteiger partial charge in [-0.1, -0.05) is 121 Å². The maximum atomic E-state index is 4.61. The van der Waals surface area contributed by atoms with Gasteiger partial charge in [0.15, 0.2) is 0 Å². The highest BCUT2D eigenvalue weighted by molar-refractivity contribution is 6.04. The molecule has 2 aromatic heterocycles. The topological polar surface area (TPSA) is 29.0 Å². The zero-order chi connectivity index (χ0) is 28.4. The van der Waals surface area contributed by atoms with Gasteiger partial charge < -0.3 is 0 Å². The summed E-state index contributed by atoms with van der Waals surface area (Å²) in [6.07, 6.45) is 3.72. The number of benzene rings is 4. The van der Waals surface area contributed by atoms with Crippen molar-refractivity contribution in [1.82, 2.24) is 14.9 Å². The van der Waals surface area contributed by atoms with Crippen molar-refractivity contribution >= 4 is 11.1 Å². The fraction of sp³-hybridized carbons (Fsp3) is 0.0769. The highest BCUT2D eigenvalue weighted by Crippen LogP contribution is 2.37. The molecule has 2 heterocycles. The molecule has 0 radical (unpaired) electrons. The molecule has 6 rings (SSSR count). The molecule has 42 heavy (non-hydrogen) atoms. The quantitative estimate of drug-likeness (QED) is 0.162. The second-order valence-electron chi connectivity index (χ2n) is 10.3. The van der Waals surface area contributed by atoms with Gasteiger partial charge in [-0.15, -0.1) is 0 Å². The minimum Gasteiger partial charge on any atom is -0.287 e. The molecule has 0 fully saturated rings. The molecule has 0 aliphatic carbocycles. The van der Waals surface area contributed by atoms with Crippen LogP contribution >= 0.6 is 0 Å². The van der Waals surface area contributed by atoms with E-state index in [1.165, 1.54) is 39.0 Å². The average Bonchev–Trinajstić information content (AvgIpc) is 3.06. The average molecular weight is 544 g/mol. The van der Waals surface area contributed by atoms with Crippen molar-refractivity contribution < 1.29 is 0 Å². The lowest BCUT2D eigenvalue weighted by Gasteiger charge is -2.23. The maximum Gasteiger partial charge on any atom is 0.0544 e. The van der Waals surface area contributed by atoms with E-state index in [0.29, 0.717) is 0 Å². The monoisotopic (exact) mass is 543 g/mol. The Hall–Kier alpha value is -5.12. The standard InChI is InChI=1S/C39H33N3/c1-4-16-32(17-5-1)38(33-18-6-2-7-19-33)39(34-20-8-3-9-21-34)35-22-14-15-31(27-35)28-42(29-36-23-10-12-25-40-36)30-37-24-11-13-26-41-37/h1-27H,28-30H2. The van der Waals surface area contributed by atoms with Crippen molar-refractivity contribution in [2.75, 3.05) is 0 Å². The second kappa shape index (κ2) is 13.5. The maximum absolute atomic E-state index is 4.61. The highest BCUT2D eigenvalue weighted by Gasteiger charge is 2.17. The summed E-state index contributed by atoms with van der Waals surface area (Å²) < 4.78 is 0. The van der Waals surface area contributed by atoms with E-state index in [4.69, 9.17) is 0 Å². The van der Waals surface area contributed by atoms with Gasteiger partial charge in [-0.2, -0.15) is 0 Å². The van der Waals surface area contributed by atoms with E-state index >= 15 is 0 Å². The molecule has 0 unspecified atom stereocenters. The van der Waals surface area contributed by atoms with Crippen LogP contribution in [0.5, 0.6) is 0 Å². The van der Waals surface area contributed by atoms with Crippen LogP contribution in [0.4, 0.5) is 0 Å². The number of aromatic nitrogens is 2. The molecule has 0 aliphatic heterocycles. The molecule has 0 bridgehead atoms. The molecule has 6 aromatic rings. The van der Waals surface area contributed by atoms with Crippen molar-refractivity contribution in [2.24, 2.45) is 0 Å². The Labute approximate surface area is 248 Å². The number of hydrogen-bond acceptors (Lipinski definition) is 3. The van der Waals surface area contributed by atoms with E-state index in [-0.39, 0.29) is 0 Å². The number of nitrogens with zero attached hydrogens (tertiary/aromatic N) is 3. The van der Waals surface area contributed by atoms with Gasteiger partial charge in [-0.25, -0.2) is 0 Å². The summed E-state index contributed by atoms with van der Waals surface area (Å²) >= 11 is 0. The van der Waals surface area contributed by atoms with Crippen molar-refractivity contribution in [1.29, 1.82) is 0 Å². The normalized spacial score (nSPS) is 10.9. The molecule has 3 heteroatoms. The molecule has 0 spiro atoms. The SMILES string of the molecule is c1ccc(C(=C(c2ccccc2)c2cccc(CN(Cc3ccccn3)Cc3ccccn3)c2)c2ccccc2)cc1. The third-order valence-corrected chi connectivity index (χ3v) is 7.28. The molecule has 4 aromatic carbocycles. The van der Waals surface area contributed by atoms with Gasteiger partial charge in [0.1, 0.15) is 0 Å². The molecular formula is C39H33N3. The van der Waals surface area contributed by atoms with Gasteiger partial charge in [-0.3, -0.25) is 14.9 Å². The largest absolute Gasteiger partial charge is 0.287 e. The lowest BCUT2D eigenvalue weighted by molar-refractivity contribution is 0.241. The highest BCUT2D eigenvalue weighted by atomic mass is 15.1. The summed E-state index contributed by atoms with van der Waals surface area (Å²) in [5, 5.41) is 0. The first-order chi connectivity index (χ1) is 20.8. The van der Waals surface area contributed by atoms with Gasteiger partial charge in [0.25, 0.3) is 0 Å². The van der Waals surface area contributed by atoms with E-state index in [2.05, 4.69) is 142 Å². The predicted octanol–water partition coefficient (Wildman–Crippen LogP) is 8.69. The van der Waals surface area contributed by atoms with Crippen LogP contribution in [0.3, 0.4) is 0 Å². The molecule has 3 nitrogen and oxygen atoms in total. The molecule has 0 N–H and O–H groups in total. The Morgan fingerprint density at radius 2 is 0.833 bits per heavy atom. The molecule has 0 saturated carbocycles. The Morgan fingerprint density at radius 1 is 0.405 bits per heavy atom. The van der Waals surface area contributed by atoms with Gasteiger partial charge in [0, 0.05) is 32.0 Å². The van der Waals surface area contributed by atoms with Crippen molar-refractivity contribution in [3.8, 4) is 0 Å². The van der Waals surface area contributed by atoms with Crippen LogP contribution in [0.25, 0.3) is 11.1 Å². The Morgan fingerprint density at radius 3 is 1.29 bits per heavy atom. The fourth-order valence-corrected chi connectivity index (χ4v) is 5.42. The van der Waals surface area contributed by atoms with Crippen molar-refractivity contribution in [2.45, 2.75) is 19.6 Å². The fourth-order valence-electron chi connectivity index (χ4n) is 5.42. The van der Waals surface area contributed by atoms with Crippen molar-refractivity contribution in [3.63, 3.8) is 0 Å². The zero-order valence-electron chi connectivity index (χ0n) is 23.6. The van der Waals surface area contributed by atoms with E-state index < -0.39 is 0 Å². The molecular weight excluding hydrogens is 510 g/mol. The Balaban J connectivity index is 1.44. The summed E-state index contributed by atoms with van der Waals surface area (Å²) in [5.41, 5.74) is 10.5.